The summed E-state index contributed by atoms with van der Waals surface area (Å²) in [5.74, 6) is 3.70. The number of fused-ring (bicyclic) bond motifs is 5. The van der Waals surface area contributed by atoms with E-state index in [4.69, 9.17) is 21.3 Å². The Hall–Kier alpha value is -4.45. The molecular weight excluding hydrogens is 764 g/mol. The number of rotatable bonds is 2. The molecule has 0 N–H and O–H groups in total. The molecule has 3 aromatic heterocycles. The summed E-state index contributed by atoms with van der Waals surface area (Å²) >= 11 is 6.43. The van der Waals surface area contributed by atoms with Gasteiger partial charge in [-0.15, -0.1) is 5.56 Å². The van der Waals surface area contributed by atoms with E-state index in [-0.39, 0.29) is 20.1 Å². The molecule has 9 rings (SSSR count). The Morgan fingerprint density at radius 3 is 1.95 bits per heavy atom. The van der Waals surface area contributed by atoms with E-state index < -0.39 is 6.04 Å². The van der Waals surface area contributed by atoms with Crippen LogP contribution in [0, 0.1) is 6.07 Å². The van der Waals surface area contributed by atoms with Crippen LogP contribution >= 0.6 is 6.04 Å². The molecule has 215 valence electrons. The standard InChI is InChI=1S/C23H13NO2PS.C12H8N3.Ir/c28-27-21-10-3-1-8-17(21)25-19-13-15(16-7-5-6-12-24-16)14-20(23(19)27)26-18-9-2-4-11-22(18)27;1-2-6-10-9(5-1)14-12(15-10)11-7-3-4-8-13-11;/h1-13H;1-8H;/q2*-1;. The molecule has 2 aliphatic rings. The van der Waals surface area contributed by atoms with Crippen LogP contribution < -0.4 is 30.4 Å². The Bertz CT molecular complexity index is 2080. The molecule has 0 saturated heterocycles. The second kappa shape index (κ2) is 11.6. The summed E-state index contributed by atoms with van der Waals surface area (Å²) in [6.07, 6.45) is 3.52. The number of pyridine rings is 2. The van der Waals surface area contributed by atoms with Crippen LogP contribution in [0.15, 0.2) is 128 Å². The monoisotopic (exact) mass is 785 g/mol. The average molecular weight is 785 g/mol. The van der Waals surface area contributed by atoms with E-state index in [1.54, 1.807) is 12.4 Å². The summed E-state index contributed by atoms with van der Waals surface area (Å²) in [4.78, 5) is 17.5. The Kier molecular flexibility index (Phi) is 7.45. The van der Waals surface area contributed by atoms with Gasteiger partial charge in [0.15, 0.2) is 0 Å². The third kappa shape index (κ3) is 4.77. The number of nitrogens with zero attached hydrogens (tertiary/aromatic N) is 4. The maximum atomic E-state index is 6.43. The van der Waals surface area contributed by atoms with Gasteiger partial charge >= 0.3 is 0 Å². The van der Waals surface area contributed by atoms with Crippen LogP contribution in [0.4, 0.5) is 0 Å². The number of hydrogen-bond donors (Lipinski definition) is 0. The second-order valence-corrected chi connectivity index (χ2v) is 14.2. The Morgan fingerprint density at radius 2 is 1.27 bits per heavy atom. The molecule has 0 spiro atoms. The van der Waals surface area contributed by atoms with Crippen molar-refractivity contribution in [2.24, 2.45) is 0 Å². The van der Waals surface area contributed by atoms with Gasteiger partial charge in [-0.05, 0) is 58.2 Å². The molecule has 2 aliphatic heterocycles. The van der Waals surface area contributed by atoms with E-state index in [1.165, 1.54) is 0 Å². The predicted molar refractivity (Wildman–Crippen MR) is 173 cm³/mol. The van der Waals surface area contributed by atoms with Crippen LogP contribution in [0.1, 0.15) is 0 Å². The zero-order valence-corrected chi connectivity index (χ0v) is 27.0. The van der Waals surface area contributed by atoms with E-state index in [0.29, 0.717) is 11.6 Å². The number of hydrogen-bond acceptors (Lipinski definition) is 6. The molecule has 0 fully saturated rings. The maximum absolute atomic E-state index is 6.43. The van der Waals surface area contributed by atoms with Gasteiger partial charge in [-0.25, -0.2) is 0 Å². The molecule has 9 heteroatoms. The van der Waals surface area contributed by atoms with E-state index in [2.05, 4.69) is 38.1 Å². The van der Waals surface area contributed by atoms with Crippen molar-refractivity contribution in [1.82, 2.24) is 19.9 Å². The summed E-state index contributed by atoms with van der Waals surface area (Å²) in [5, 5.41) is 3.07. The molecule has 1 atom stereocenters. The molecule has 7 aromatic rings. The Balaban J connectivity index is 0.000000166. The van der Waals surface area contributed by atoms with Crippen LogP contribution in [0.25, 0.3) is 33.8 Å². The number of ether oxygens (including phenoxy) is 2. The summed E-state index contributed by atoms with van der Waals surface area (Å²) in [7, 11) is 0. The zero-order valence-electron chi connectivity index (χ0n) is 22.9. The number of para-hydroxylation sites is 4. The molecule has 5 heterocycles. The number of benzene rings is 4. The van der Waals surface area contributed by atoms with Crippen molar-refractivity contribution in [1.29, 1.82) is 0 Å². The van der Waals surface area contributed by atoms with Gasteiger partial charge in [0.25, 0.3) is 0 Å². The van der Waals surface area contributed by atoms with Gasteiger partial charge in [-0.3, -0.25) is 4.98 Å². The molecule has 44 heavy (non-hydrogen) atoms. The van der Waals surface area contributed by atoms with Gasteiger partial charge < -0.3 is 24.4 Å². The Morgan fingerprint density at radius 1 is 0.659 bits per heavy atom. The van der Waals surface area contributed by atoms with E-state index in [0.717, 1.165) is 61.1 Å². The molecule has 0 saturated carbocycles. The van der Waals surface area contributed by atoms with E-state index in [1.807, 2.05) is 103 Å². The van der Waals surface area contributed by atoms with Crippen molar-refractivity contribution in [3.05, 3.63) is 134 Å². The molecular formula is C35H21IrN4O2PS-2. The molecule has 1 radical (unpaired) electrons. The van der Waals surface area contributed by atoms with Gasteiger partial charge in [0.1, 0.15) is 11.5 Å². The minimum atomic E-state index is -2.29. The smallest absolute Gasteiger partial charge is 0.133 e. The first-order valence-electron chi connectivity index (χ1n) is 13.7. The van der Waals surface area contributed by atoms with Crippen molar-refractivity contribution in [2.75, 3.05) is 0 Å². The van der Waals surface area contributed by atoms with E-state index in [9.17, 15) is 0 Å². The SMILES string of the molecule is S=P12c3ccccc3Oc3[c-]c(-c4ccccn4)cc(c31)Oc1ccccc12.[Ir].c1ccc(-c2nc3ccccc3[n-]2)nc1. The summed E-state index contributed by atoms with van der Waals surface area (Å²) < 4.78 is 12.6. The largest absolute Gasteiger partial charge is 0.475 e. The summed E-state index contributed by atoms with van der Waals surface area (Å²) in [5.41, 5.74) is 4.29. The first kappa shape index (κ1) is 28.3. The topological polar surface area (TPSA) is 71.2 Å². The predicted octanol–water partition coefficient (Wildman–Crippen LogP) is 6.77. The third-order valence-electron chi connectivity index (χ3n) is 7.30. The van der Waals surface area contributed by atoms with Gasteiger partial charge in [0.05, 0.1) is 17.2 Å². The van der Waals surface area contributed by atoms with Crippen LogP contribution in [0.3, 0.4) is 0 Å². The van der Waals surface area contributed by atoms with Crippen molar-refractivity contribution in [2.45, 2.75) is 0 Å². The summed E-state index contributed by atoms with van der Waals surface area (Å²) in [6.45, 7) is 0. The molecule has 6 nitrogen and oxygen atoms in total. The molecule has 4 aromatic carbocycles. The third-order valence-corrected chi connectivity index (χ3v) is 12.2. The summed E-state index contributed by atoms with van der Waals surface area (Å²) in [6, 6.07) is 38.6. The van der Waals surface area contributed by atoms with Gasteiger partial charge in [0.2, 0.25) is 0 Å². The number of aromatic nitrogens is 4. The van der Waals surface area contributed by atoms with E-state index >= 15 is 0 Å². The minimum absolute atomic E-state index is 0. The second-order valence-electron chi connectivity index (χ2n) is 9.94. The normalized spacial score (nSPS) is 15.2. The fourth-order valence-corrected chi connectivity index (χ4v) is 9.79. The molecule has 0 amide bonds. The minimum Gasteiger partial charge on any atom is -0.475 e. The fourth-order valence-electron chi connectivity index (χ4n) is 5.36. The van der Waals surface area contributed by atoms with Crippen LogP contribution in [-0.2, 0) is 31.9 Å². The fraction of sp³-hybridized carbons (Fsp3) is 0. The van der Waals surface area contributed by atoms with Crippen LogP contribution in [0.2, 0.25) is 0 Å². The number of imidazole rings is 1. The van der Waals surface area contributed by atoms with Crippen molar-refractivity contribution < 1.29 is 29.6 Å². The zero-order chi connectivity index (χ0) is 28.8. The van der Waals surface area contributed by atoms with Crippen LogP contribution in [0.5, 0.6) is 23.0 Å². The molecule has 1 unspecified atom stereocenters. The van der Waals surface area contributed by atoms with Crippen molar-refractivity contribution >= 4 is 44.8 Å². The average Bonchev–Trinajstić information content (AvgIpc) is 3.51. The van der Waals surface area contributed by atoms with Gasteiger partial charge in [-0.2, -0.15) is 0 Å². The molecule has 0 aliphatic carbocycles. The first-order chi connectivity index (χ1) is 21.2. The van der Waals surface area contributed by atoms with Crippen molar-refractivity contribution in [3.63, 3.8) is 0 Å². The molecule has 0 bridgehead atoms. The first-order valence-corrected chi connectivity index (χ1v) is 16.5. The van der Waals surface area contributed by atoms with Crippen LogP contribution in [-0.4, -0.2) is 15.0 Å². The van der Waals surface area contributed by atoms with Gasteiger partial charge in [0, 0.05) is 49.1 Å². The maximum Gasteiger partial charge on any atom is 0.133 e. The Labute approximate surface area is 272 Å². The van der Waals surface area contributed by atoms with Gasteiger partial charge in [-0.1, -0.05) is 103 Å². The van der Waals surface area contributed by atoms with Crippen molar-refractivity contribution in [3.8, 4) is 45.8 Å². The quantitative estimate of drug-likeness (QED) is 0.142.